The molecule has 0 bridgehead atoms. The van der Waals surface area contributed by atoms with Crippen LogP contribution in [0, 0.1) is 11.8 Å². The molecule has 0 saturated heterocycles. The van der Waals surface area contributed by atoms with Gasteiger partial charge in [0.2, 0.25) is 10.0 Å². The van der Waals surface area contributed by atoms with Crippen LogP contribution in [-0.4, -0.2) is 14.5 Å². The van der Waals surface area contributed by atoms with Gasteiger partial charge < -0.3 is 5.73 Å². The highest BCUT2D eigenvalue weighted by molar-refractivity contribution is 7.88. The Bertz CT molecular complexity index is 571. The largest absolute Gasteiger partial charge is 0.326 e. The van der Waals surface area contributed by atoms with Crippen molar-refractivity contribution in [2.24, 2.45) is 17.6 Å². The number of nitrogens with one attached hydrogen (secondary N) is 1. The maximum Gasteiger partial charge on any atom is 0.216 e. The molecular weight excluding hydrogens is 284 g/mol. The van der Waals surface area contributed by atoms with Gasteiger partial charge >= 0.3 is 0 Å². The van der Waals surface area contributed by atoms with Crippen LogP contribution < -0.4 is 10.5 Å². The Labute approximate surface area is 128 Å². The zero-order chi connectivity index (χ0) is 15.5. The molecule has 5 heteroatoms. The van der Waals surface area contributed by atoms with Gasteiger partial charge in [-0.3, -0.25) is 0 Å². The minimum Gasteiger partial charge on any atom is -0.326 e. The zero-order valence-corrected chi connectivity index (χ0v) is 13.7. The van der Waals surface area contributed by atoms with Crippen LogP contribution in [0.25, 0.3) is 0 Å². The van der Waals surface area contributed by atoms with Crippen molar-refractivity contribution >= 4 is 10.0 Å². The maximum absolute atomic E-state index is 12.4. The molecule has 0 aliphatic heterocycles. The molecule has 3 unspecified atom stereocenters. The average Bonchev–Trinajstić information content (AvgIpc) is 2.79. The molecule has 0 heterocycles. The lowest BCUT2D eigenvalue weighted by atomic mass is 9.94. The number of hydrogen-bond donors (Lipinski definition) is 2. The number of nitrogens with two attached hydrogens (primary N) is 1. The molecule has 2 rings (SSSR count). The Balaban J connectivity index is 2.06. The van der Waals surface area contributed by atoms with Gasteiger partial charge in [-0.05, 0) is 35.8 Å². The van der Waals surface area contributed by atoms with Crippen molar-refractivity contribution in [3.05, 3.63) is 35.4 Å². The smallest absolute Gasteiger partial charge is 0.216 e. The Hall–Kier alpha value is -0.910. The first-order chi connectivity index (χ1) is 9.96. The van der Waals surface area contributed by atoms with Crippen LogP contribution in [-0.2, 0) is 22.3 Å². The summed E-state index contributed by atoms with van der Waals surface area (Å²) in [6.45, 7) is 4.70. The molecular formula is C16H26N2O2S. The van der Waals surface area contributed by atoms with E-state index in [2.05, 4.69) is 18.6 Å². The molecule has 1 aliphatic rings. The van der Waals surface area contributed by atoms with Crippen LogP contribution in [0.15, 0.2) is 24.3 Å². The first-order valence-electron chi connectivity index (χ1n) is 7.73. The van der Waals surface area contributed by atoms with E-state index in [9.17, 15) is 8.42 Å². The summed E-state index contributed by atoms with van der Waals surface area (Å²) in [4.78, 5) is 0. The standard InChI is InChI=1S/C16H26N2O2S/c1-3-13-8-9-16(12(13)2)18-21(19,20)11-15-7-5-4-6-14(15)10-17/h4-7,12-13,16,18H,3,8-11,17H2,1-2H3. The minimum absolute atomic E-state index is 0.0143. The van der Waals surface area contributed by atoms with E-state index in [1.165, 1.54) is 0 Å². The monoisotopic (exact) mass is 310 g/mol. The molecule has 118 valence electrons. The molecule has 0 spiro atoms. The Morgan fingerprint density at radius 2 is 1.90 bits per heavy atom. The summed E-state index contributed by atoms with van der Waals surface area (Å²) in [5, 5.41) is 0. The number of benzene rings is 1. The van der Waals surface area contributed by atoms with Gasteiger partial charge in [0.15, 0.2) is 0 Å². The summed E-state index contributed by atoms with van der Waals surface area (Å²) in [6, 6.07) is 7.54. The molecule has 21 heavy (non-hydrogen) atoms. The van der Waals surface area contributed by atoms with E-state index < -0.39 is 10.0 Å². The summed E-state index contributed by atoms with van der Waals surface area (Å²) in [7, 11) is -3.32. The highest BCUT2D eigenvalue weighted by Crippen LogP contribution is 2.34. The van der Waals surface area contributed by atoms with Crippen LogP contribution in [0.2, 0.25) is 0 Å². The van der Waals surface area contributed by atoms with E-state index in [0.29, 0.717) is 18.4 Å². The van der Waals surface area contributed by atoms with Gasteiger partial charge in [-0.15, -0.1) is 0 Å². The molecule has 0 radical (unpaired) electrons. The fraction of sp³-hybridized carbons (Fsp3) is 0.625. The topological polar surface area (TPSA) is 72.2 Å². The molecule has 0 aromatic heterocycles. The highest BCUT2D eigenvalue weighted by Gasteiger charge is 2.34. The van der Waals surface area contributed by atoms with Crippen LogP contribution >= 0.6 is 0 Å². The van der Waals surface area contributed by atoms with Crippen molar-refractivity contribution in [3.63, 3.8) is 0 Å². The van der Waals surface area contributed by atoms with Crippen LogP contribution in [0.4, 0.5) is 0 Å². The predicted molar refractivity (Wildman–Crippen MR) is 86.1 cm³/mol. The van der Waals surface area contributed by atoms with Crippen LogP contribution in [0.5, 0.6) is 0 Å². The van der Waals surface area contributed by atoms with Gasteiger partial charge in [-0.25, -0.2) is 13.1 Å². The lowest BCUT2D eigenvalue weighted by Crippen LogP contribution is -2.38. The molecule has 3 atom stereocenters. The molecule has 1 fully saturated rings. The van der Waals surface area contributed by atoms with Crippen molar-refractivity contribution in [2.75, 3.05) is 0 Å². The van der Waals surface area contributed by atoms with Gasteiger partial charge in [0.25, 0.3) is 0 Å². The SMILES string of the molecule is CCC1CCC(NS(=O)(=O)Cc2ccccc2CN)C1C. The second-order valence-corrected chi connectivity index (χ2v) is 7.81. The quantitative estimate of drug-likeness (QED) is 0.847. The highest BCUT2D eigenvalue weighted by atomic mass is 32.2. The zero-order valence-electron chi connectivity index (χ0n) is 12.9. The molecule has 3 N–H and O–H groups in total. The lowest BCUT2D eigenvalue weighted by molar-refractivity contribution is 0.368. The van der Waals surface area contributed by atoms with E-state index in [1.54, 1.807) is 0 Å². The van der Waals surface area contributed by atoms with E-state index in [0.717, 1.165) is 30.4 Å². The van der Waals surface area contributed by atoms with Crippen molar-refractivity contribution < 1.29 is 8.42 Å². The minimum atomic E-state index is -3.32. The Kier molecular flexibility index (Phi) is 5.41. The van der Waals surface area contributed by atoms with Crippen LogP contribution in [0.1, 0.15) is 44.2 Å². The van der Waals surface area contributed by atoms with E-state index in [1.807, 2.05) is 24.3 Å². The fourth-order valence-electron chi connectivity index (χ4n) is 3.36. The number of rotatable bonds is 6. The molecule has 1 aliphatic carbocycles. The average molecular weight is 310 g/mol. The number of hydrogen-bond acceptors (Lipinski definition) is 3. The molecule has 0 amide bonds. The van der Waals surface area contributed by atoms with E-state index >= 15 is 0 Å². The fourth-order valence-corrected chi connectivity index (χ4v) is 4.93. The normalized spacial score (nSPS) is 26.1. The second-order valence-electron chi connectivity index (χ2n) is 6.06. The van der Waals surface area contributed by atoms with Gasteiger partial charge in [0.1, 0.15) is 0 Å². The Morgan fingerprint density at radius 1 is 1.24 bits per heavy atom. The van der Waals surface area contributed by atoms with E-state index in [-0.39, 0.29) is 11.8 Å². The van der Waals surface area contributed by atoms with Crippen molar-refractivity contribution in [1.29, 1.82) is 0 Å². The first-order valence-corrected chi connectivity index (χ1v) is 9.39. The van der Waals surface area contributed by atoms with Crippen LogP contribution in [0.3, 0.4) is 0 Å². The molecule has 4 nitrogen and oxygen atoms in total. The van der Waals surface area contributed by atoms with Gasteiger partial charge in [0.05, 0.1) is 5.75 Å². The third-order valence-corrected chi connectivity index (χ3v) is 6.12. The summed E-state index contributed by atoms with van der Waals surface area (Å²) in [5.41, 5.74) is 7.37. The van der Waals surface area contributed by atoms with Gasteiger partial charge in [-0.2, -0.15) is 0 Å². The first kappa shape index (κ1) is 16.5. The molecule has 1 aromatic rings. The maximum atomic E-state index is 12.4. The Morgan fingerprint density at radius 3 is 2.48 bits per heavy atom. The van der Waals surface area contributed by atoms with E-state index in [4.69, 9.17) is 5.73 Å². The third-order valence-electron chi connectivity index (χ3n) is 4.77. The van der Waals surface area contributed by atoms with Crippen molar-refractivity contribution in [3.8, 4) is 0 Å². The number of sulfonamides is 1. The summed E-state index contributed by atoms with van der Waals surface area (Å²) in [5.74, 6) is 1.06. The van der Waals surface area contributed by atoms with Crippen molar-refractivity contribution in [2.45, 2.75) is 51.4 Å². The molecule has 1 saturated carbocycles. The summed E-state index contributed by atoms with van der Waals surface area (Å²) in [6.07, 6.45) is 3.18. The summed E-state index contributed by atoms with van der Waals surface area (Å²) < 4.78 is 27.7. The van der Waals surface area contributed by atoms with Gasteiger partial charge in [0, 0.05) is 12.6 Å². The summed E-state index contributed by atoms with van der Waals surface area (Å²) >= 11 is 0. The predicted octanol–water partition coefficient (Wildman–Crippen LogP) is 2.39. The second kappa shape index (κ2) is 6.90. The van der Waals surface area contributed by atoms with Crippen molar-refractivity contribution in [1.82, 2.24) is 4.72 Å². The third kappa shape index (κ3) is 4.05. The van der Waals surface area contributed by atoms with Gasteiger partial charge in [-0.1, -0.05) is 44.5 Å². The lowest BCUT2D eigenvalue weighted by Gasteiger charge is -2.21. The molecule has 1 aromatic carbocycles.